The number of aryl methyl sites for hydroxylation is 1. The normalized spacial score (nSPS) is 20.6. The Morgan fingerprint density at radius 2 is 1.84 bits per heavy atom. The third-order valence-electron chi connectivity index (χ3n) is 5.89. The van der Waals surface area contributed by atoms with Crippen LogP contribution in [-0.4, -0.2) is 54.5 Å². The number of benzene rings is 2. The summed E-state index contributed by atoms with van der Waals surface area (Å²) in [5.74, 6) is -0.308. The van der Waals surface area contributed by atoms with Gasteiger partial charge in [0, 0.05) is 18.7 Å². The number of rotatable bonds is 7. The van der Waals surface area contributed by atoms with Crippen molar-refractivity contribution in [2.45, 2.75) is 45.3 Å². The molecule has 4 rings (SSSR count). The number of anilines is 1. The predicted octanol–water partition coefficient (Wildman–Crippen LogP) is 3.35. The minimum atomic E-state index is -0.855. The molecule has 168 valence electrons. The van der Waals surface area contributed by atoms with Crippen LogP contribution in [0.15, 0.2) is 48.5 Å². The second-order valence-corrected chi connectivity index (χ2v) is 8.17. The maximum absolute atomic E-state index is 13.4. The molecule has 7 heteroatoms. The zero-order valence-electron chi connectivity index (χ0n) is 18.5. The third-order valence-corrected chi connectivity index (χ3v) is 5.89. The molecule has 0 bridgehead atoms. The van der Waals surface area contributed by atoms with Crippen molar-refractivity contribution >= 4 is 23.4 Å². The van der Waals surface area contributed by atoms with Crippen LogP contribution in [0.25, 0.3) is 0 Å². The van der Waals surface area contributed by atoms with Gasteiger partial charge in [-0.2, -0.15) is 0 Å². The van der Waals surface area contributed by atoms with Gasteiger partial charge in [0.15, 0.2) is 0 Å². The summed E-state index contributed by atoms with van der Waals surface area (Å²) in [7, 11) is 0. The lowest BCUT2D eigenvalue weighted by Gasteiger charge is -2.30. The topological polar surface area (TPSA) is 76.2 Å². The molecular weight excluding hydrogens is 408 g/mol. The molecule has 2 fully saturated rings. The highest BCUT2D eigenvalue weighted by atomic mass is 16.5. The fourth-order valence-electron chi connectivity index (χ4n) is 4.21. The predicted molar refractivity (Wildman–Crippen MR) is 120 cm³/mol. The lowest BCUT2D eigenvalue weighted by atomic mass is 10.1. The molecule has 0 aliphatic carbocycles. The number of hydrogen-bond donors (Lipinski definition) is 0. The van der Waals surface area contributed by atoms with Crippen LogP contribution < -0.4 is 9.64 Å². The molecular formula is C25H28N2O5. The molecule has 0 radical (unpaired) electrons. The summed E-state index contributed by atoms with van der Waals surface area (Å²) in [5, 5.41) is 0. The highest BCUT2D eigenvalue weighted by molar-refractivity contribution is 6.23. The molecule has 32 heavy (non-hydrogen) atoms. The molecule has 2 atom stereocenters. The van der Waals surface area contributed by atoms with E-state index in [1.165, 1.54) is 9.80 Å². The summed E-state index contributed by atoms with van der Waals surface area (Å²) < 4.78 is 11.2. The number of carbonyl (C=O) groups excluding carboxylic acids is 3. The van der Waals surface area contributed by atoms with E-state index >= 15 is 0 Å². The van der Waals surface area contributed by atoms with Crippen molar-refractivity contribution in [3.8, 4) is 5.75 Å². The maximum Gasteiger partial charge on any atom is 0.257 e. The molecule has 2 aliphatic heterocycles. The Hall–Kier alpha value is -3.19. The van der Waals surface area contributed by atoms with Crippen molar-refractivity contribution in [3.05, 3.63) is 59.7 Å². The summed E-state index contributed by atoms with van der Waals surface area (Å²) in [4.78, 5) is 42.3. The second-order valence-electron chi connectivity index (χ2n) is 8.17. The van der Waals surface area contributed by atoms with Crippen LogP contribution in [0.1, 0.15) is 42.1 Å². The first-order valence-corrected chi connectivity index (χ1v) is 11.1. The highest BCUT2D eigenvalue weighted by Crippen LogP contribution is 2.29. The Kier molecular flexibility index (Phi) is 6.55. The van der Waals surface area contributed by atoms with Crippen molar-refractivity contribution in [2.75, 3.05) is 24.7 Å². The molecule has 2 heterocycles. The van der Waals surface area contributed by atoms with E-state index in [4.69, 9.17) is 9.47 Å². The van der Waals surface area contributed by atoms with Crippen LogP contribution in [-0.2, 0) is 14.3 Å². The molecule has 0 saturated carbocycles. The second kappa shape index (κ2) is 9.53. The van der Waals surface area contributed by atoms with Gasteiger partial charge in [-0.15, -0.1) is 0 Å². The summed E-state index contributed by atoms with van der Waals surface area (Å²) in [6.07, 6.45) is 1.57. The molecule has 7 nitrogen and oxygen atoms in total. The third kappa shape index (κ3) is 4.53. The Morgan fingerprint density at radius 3 is 2.47 bits per heavy atom. The van der Waals surface area contributed by atoms with Crippen molar-refractivity contribution in [1.29, 1.82) is 0 Å². The van der Waals surface area contributed by atoms with E-state index in [1.54, 1.807) is 36.4 Å². The first kappa shape index (κ1) is 22.0. The lowest BCUT2D eigenvalue weighted by molar-refractivity contribution is -0.122. The van der Waals surface area contributed by atoms with E-state index in [9.17, 15) is 14.4 Å². The molecule has 2 saturated heterocycles. The molecule has 0 N–H and O–H groups in total. The maximum atomic E-state index is 13.4. The fourth-order valence-corrected chi connectivity index (χ4v) is 4.21. The SMILES string of the molecule is CCOc1ccc(N2C(=O)CC(N(CC3CCCO3)C(=O)c3ccc(C)cc3)C2=O)cc1. The quantitative estimate of drug-likeness (QED) is 0.622. The van der Waals surface area contributed by atoms with Crippen LogP contribution in [0.2, 0.25) is 0 Å². The molecule has 2 unspecified atom stereocenters. The number of nitrogens with zero attached hydrogens (tertiary/aromatic N) is 2. The van der Waals surface area contributed by atoms with Crippen LogP contribution in [0.4, 0.5) is 5.69 Å². The van der Waals surface area contributed by atoms with Crippen molar-refractivity contribution < 1.29 is 23.9 Å². The van der Waals surface area contributed by atoms with Crippen LogP contribution in [0.5, 0.6) is 5.75 Å². The minimum absolute atomic E-state index is 0.0453. The Labute approximate surface area is 187 Å². The van der Waals surface area contributed by atoms with E-state index in [1.807, 2.05) is 26.0 Å². The molecule has 3 amide bonds. The Bertz CT molecular complexity index is 980. The van der Waals surface area contributed by atoms with Crippen molar-refractivity contribution in [3.63, 3.8) is 0 Å². The van der Waals surface area contributed by atoms with Gasteiger partial charge in [0.05, 0.1) is 24.8 Å². The van der Waals surface area contributed by atoms with E-state index < -0.39 is 11.9 Å². The summed E-state index contributed by atoms with van der Waals surface area (Å²) >= 11 is 0. The van der Waals surface area contributed by atoms with Gasteiger partial charge in [0.1, 0.15) is 11.8 Å². The average molecular weight is 437 g/mol. The summed E-state index contributed by atoms with van der Waals surface area (Å²) in [6.45, 7) is 5.30. The van der Waals surface area contributed by atoms with Crippen LogP contribution >= 0.6 is 0 Å². The zero-order valence-corrected chi connectivity index (χ0v) is 18.5. The molecule has 0 aromatic heterocycles. The summed E-state index contributed by atoms with van der Waals surface area (Å²) in [6, 6.07) is 13.2. The molecule has 2 aromatic rings. The largest absolute Gasteiger partial charge is 0.494 e. The minimum Gasteiger partial charge on any atom is -0.494 e. The van der Waals surface area contributed by atoms with Gasteiger partial charge in [0.2, 0.25) is 5.91 Å². The van der Waals surface area contributed by atoms with E-state index in [2.05, 4.69) is 0 Å². The van der Waals surface area contributed by atoms with Gasteiger partial charge in [-0.05, 0) is 63.1 Å². The number of imide groups is 1. The van der Waals surface area contributed by atoms with E-state index in [0.717, 1.165) is 18.4 Å². The smallest absolute Gasteiger partial charge is 0.257 e. The van der Waals surface area contributed by atoms with Crippen LogP contribution in [0, 0.1) is 6.92 Å². The Balaban J connectivity index is 1.60. The first-order chi connectivity index (χ1) is 15.5. The van der Waals surface area contributed by atoms with Crippen molar-refractivity contribution in [2.24, 2.45) is 0 Å². The monoisotopic (exact) mass is 436 g/mol. The average Bonchev–Trinajstić information content (AvgIpc) is 3.40. The molecule has 0 spiro atoms. The lowest BCUT2D eigenvalue weighted by Crippen LogP contribution is -2.48. The Morgan fingerprint density at radius 1 is 1.12 bits per heavy atom. The number of ether oxygens (including phenoxy) is 2. The van der Waals surface area contributed by atoms with Gasteiger partial charge in [-0.1, -0.05) is 17.7 Å². The number of hydrogen-bond acceptors (Lipinski definition) is 5. The van der Waals surface area contributed by atoms with E-state index in [0.29, 0.717) is 30.2 Å². The highest BCUT2D eigenvalue weighted by Gasteiger charge is 2.45. The van der Waals surface area contributed by atoms with Gasteiger partial charge in [0.25, 0.3) is 11.8 Å². The van der Waals surface area contributed by atoms with Gasteiger partial charge in [-0.25, -0.2) is 4.90 Å². The van der Waals surface area contributed by atoms with Gasteiger partial charge in [-0.3, -0.25) is 14.4 Å². The standard InChI is InChI=1S/C25H28N2O5/c1-3-31-20-12-10-19(11-13-20)27-23(28)15-22(25(27)30)26(16-21-5-4-14-32-21)24(29)18-8-6-17(2)7-9-18/h6-13,21-22H,3-5,14-16H2,1-2H3. The fraction of sp³-hybridized carbons (Fsp3) is 0.400. The van der Waals surface area contributed by atoms with Crippen molar-refractivity contribution in [1.82, 2.24) is 4.90 Å². The number of amides is 3. The van der Waals surface area contributed by atoms with Crippen LogP contribution in [0.3, 0.4) is 0 Å². The van der Waals surface area contributed by atoms with E-state index in [-0.39, 0.29) is 30.9 Å². The van der Waals surface area contributed by atoms with Gasteiger partial charge >= 0.3 is 0 Å². The zero-order chi connectivity index (χ0) is 22.7. The first-order valence-electron chi connectivity index (χ1n) is 11.1. The summed E-state index contributed by atoms with van der Waals surface area (Å²) in [5.41, 5.74) is 2.01. The van der Waals surface area contributed by atoms with Gasteiger partial charge < -0.3 is 14.4 Å². The molecule has 2 aromatic carbocycles. The number of carbonyl (C=O) groups is 3. The molecule has 2 aliphatic rings.